The van der Waals surface area contributed by atoms with Crippen LogP contribution in [-0.4, -0.2) is 28.7 Å². The van der Waals surface area contributed by atoms with Gasteiger partial charge < -0.3 is 22.1 Å². The van der Waals surface area contributed by atoms with E-state index in [1.807, 2.05) is 13.8 Å². The van der Waals surface area contributed by atoms with E-state index in [0.717, 1.165) is 5.57 Å². The Morgan fingerprint density at radius 3 is 2.52 bits per heavy atom. The Morgan fingerprint density at radius 2 is 1.93 bits per heavy atom. The lowest BCUT2D eigenvalue weighted by atomic mass is 10.0. The van der Waals surface area contributed by atoms with Crippen LogP contribution in [0, 0.1) is 10.1 Å². The van der Waals surface area contributed by atoms with E-state index in [2.05, 4.69) is 15.6 Å². The van der Waals surface area contributed by atoms with E-state index in [0.29, 0.717) is 35.0 Å². The van der Waals surface area contributed by atoms with Gasteiger partial charge in [-0.2, -0.15) is 0 Å². The van der Waals surface area contributed by atoms with Crippen molar-refractivity contribution in [3.8, 4) is 0 Å². The van der Waals surface area contributed by atoms with Gasteiger partial charge in [-0.05, 0) is 44.2 Å². The molecule has 0 unspecified atom stereocenters. The summed E-state index contributed by atoms with van der Waals surface area (Å²) in [6.07, 6.45) is 0. The van der Waals surface area contributed by atoms with Gasteiger partial charge in [-0.25, -0.2) is 4.99 Å². The Kier molecular flexibility index (Phi) is 5.33. The molecule has 0 aliphatic carbocycles. The first kappa shape index (κ1) is 20.0. The Bertz CT molecular complexity index is 1020. The van der Waals surface area contributed by atoms with Gasteiger partial charge in [-0.15, -0.1) is 0 Å². The van der Waals surface area contributed by atoms with E-state index in [1.54, 1.807) is 24.3 Å². The zero-order valence-corrected chi connectivity index (χ0v) is 16.1. The number of amidine groups is 1. The highest BCUT2D eigenvalue weighted by atomic mass is 16.6. The number of nitrogens with one attached hydrogen (secondary N) is 2. The molecule has 0 spiro atoms. The Balaban J connectivity index is 1.77. The number of nitrogens with zero attached hydrogens (tertiary/aromatic N) is 2. The highest BCUT2D eigenvalue weighted by molar-refractivity contribution is 6.05. The van der Waals surface area contributed by atoms with Crippen molar-refractivity contribution in [2.45, 2.75) is 19.4 Å². The molecular formula is C20H22N6O3. The third kappa shape index (κ3) is 4.41. The predicted molar refractivity (Wildman–Crippen MR) is 112 cm³/mol. The molecule has 0 aromatic heterocycles. The van der Waals surface area contributed by atoms with Crippen molar-refractivity contribution in [1.82, 2.24) is 5.32 Å². The molecule has 1 amide bonds. The first-order valence-electron chi connectivity index (χ1n) is 8.92. The summed E-state index contributed by atoms with van der Waals surface area (Å²) >= 11 is 0. The normalized spacial score (nSPS) is 16.0. The molecule has 0 fully saturated rings. The van der Waals surface area contributed by atoms with Crippen LogP contribution < -0.4 is 22.1 Å². The molecule has 150 valence electrons. The summed E-state index contributed by atoms with van der Waals surface area (Å²) in [5.41, 5.74) is 14.7. The molecule has 0 saturated carbocycles. The van der Waals surface area contributed by atoms with Crippen molar-refractivity contribution in [3.05, 3.63) is 75.5 Å². The zero-order valence-electron chi connectivity index (χ0n) is 16.1. The fraction of sp³-hybridized carbons (Fsp3) is 0.200. The number of hydrogen-bond donors (Lipinski definition) is 4. The summed E-state index contributed by atoms with van der Waals surface area (Å²) in [5.74, 6) is -0.0675. The van der Waals surface area contributed by atoms with Crippen LogP contribution in [0.3, 0.4) is 0 Å². The van der Waals surface area contributed by atoms with Crippen LogP contribution in [0.5, 0.6) is 0 Å². The lowest BCUT2D eigenvalue weighted by Gasteiger charge is -2.19. The number of amides is 1. The van der Waals surface area contributed by atoms with Crippen LogP contribution in [0.2, 0.25) is 0 Å². The fourth-order valence-electron chi connectivity index (χ4n) is 2.90. The molecule has 0 bridgehead atoms. The molecule has 29 heavy (non-hydrogen) atoms. The number of non-ortho nitro benzene ring substituents is 1. The number of rotatable bonds is 5. The van der Waals surface area contributed by atoms with Gasteiger partial charge in [0.25, 0.3) is 11.6 Å². The minimum atomic E-state index is -0.517. The molecule has 0 radical (unpaired) electrons. The van der Waals surface area contributed by atoms with Gasteiger partial charge >= 0.3 is 0 Å². The molecule has 2 aromatic carbocycles. The number of anilines is 1. The monoisotopic (exact) mass is 394 g/mol. The van der Waals surface area contributed by atoms with Crippen molar-refractivity contribution in [2.24, 2.45) is 16.5 Å². The molecule has 0 atom stereocenters. The number of nitro benzene ring substituents is 1. The van der Waals surface area contributed by atoms with E-state index in [1.165, 1.54) is 24.3 Å². The smallest absolute Gasteiger partial charge is 0.269 e. The molecular weight excluding hydrogens is 372 g/mol. The number of carbonyl (C=O) groups excluding carboxylic acids is 1. The maximum absolute atomic E-state index is 12.4. The van der Waals surface area contributed by atoms with Gasteiger partial charge in [0, 0.05) is 41.2 Å². The second-order valence-electron chi connectivity index (χ2n) is 7.18. The zero-order chi connectivity index (χ0) is 21.2. The second kappa shape index (κ2) is 7.72. The molecule has 0 saturated heterocycles. The van der Waals surface area contributed by atoms with Crippen LogP contribution in [0.1, 0.15) is 24.2 Å². The summed E-state index contributed by atoms with van der Waals surface area (Å²) in [6, 6.07) is 12.3. The number of hydrogen-bond acceptors (Lipinski definition) is 6. The lowest BCUT2D eigenvalue weighted by molar-refractivity contribution is -0.384. The maximum atomic E-state index is 12.4. The van der Waals surface area contributed by atoms with E-state index in [-0.39, 0.29) is 17.1 Å². The first-order valence-corrected chi connectivity index (χ1v) is 8.92. The largest absolute Gasteiger partial charge is 0.400 e. The Morgan fingerprint density at radius 1 is 1.24 bits per heavy atom. The summed E-state index contributed by atoms with van der Waals surface area (Å²) in [7, 11) is 0. The van der Waals surface area contributed by atoms with Crippen LogP contribution in [0.4, 0.5) is 17.1 Å². The Labute approximate surface area is 167 Å². The average molecular weight is 394 g/mol. The van der Waals surface area contributed by atoms with Crippen LogP contribution in [0.25, 0.3) is 0 Å². The molecule has 6 N–H and O–H groups in total. The minimum absolute atomic E-state index is 0.0773. The van der Waals surface area contributed by atoms with Gasteiger partial charge in [0.2, 0.25) is 0 Å². The number of nitrogens with two attached hydrogens (primary N) is 2. The summed E-state index contributed by atoms with van der Waals surface area (Å²) in [5, 5.41) is 16.7. The van der Waals surface area contributed by atoms with Crippen molar-refractivity contribution in [1.29, 1.82) is 0 Å². The first-order chi connectivity index (χ1) is 13.7. The number of nitro groups is 1. The Hall–Kier alpha value is -3.72. The summed E-state index contributed by atoms with van der Waals surface area (Å²) < 4.78 is 0. The standard InChI is InChI=1S/C20H22N6O3/c1-20(2)17(21)16(11-23-20)18(22)24-13-4-3-5-14(10-13)25-19(27)12-6-8-15(9-7-12)26(28)29/h3-10,23H,11,21H2,1-2H3,(H2,22,24)(H,25,27). The number of aliphatic imine (C=N–C) groups is 1. The van der Waals surface area contributed by atoms with Crippen molar-refractivity contribution < 1.29 is 9.72 Å². The highest BCUT2D eigenvalue weighted by Crippen LogP contribution is 2.24. The minimum Gasteiger partial charge on any atom is -0.400 e. The summed E-state index contributed by atoms with van der Waals surface area (Å²) in [6.45, 7) is 4.47. The van der Waals surface area contributed by atoms with Crippen molar-refractivity contribution in [3.63, 3.8) is 0 Å². The third-order valence-corrected chi connectivity index (χ3v) is 4.71. The van der Waals surface area contributed by atoms with E-state index in [9.17, 15) is 14.9 Å². The maximum Gasteiger partial charge on any atom is 0.269 e. The van der Waals surface area contributed by atoms with Gasteiger partial charge in [-0.1, -0.05) is 6.07 Å². The molecule has 1 aliphatic heterocycles. The number of benzene rings is 2. The molecule has 9 nitrogen and oxygen atoms in total. The van der Waals surface area contributed by atoms with E-state index in [4.69, 9.17) is 11.5 Å². The van der Waals surface area contributed by atoms with Crippen molar-refractivity contribution >= 4 is 28.8 Å². The van der Waals surface area contributed by atoms with E-state index >= 15 is 0 Å². The molecule has 3 rings (SSSR count). The quantitative estimate of drug-likeness (QED) is 0.265. The van der Waals surface area contributed by atoms with Crippen LogP contribution in [-0.2, 0) is 0 Å². The van der Waals surface area contributed by atoms with Gasteiger partial charge in [0.05, 0.1) is 16.1 Å². The van der Waals surface area contributed by atoms with E-state index < -0.39 is 4.92 Å². The molecule has 2 aromatic rings. The molecule has 1 aliphatic rings. The molecule has 9 heteroatoms. The van der Waals surface area contributed by atoms with Gasteiger partial charge in [-0.3, -0.25) is 14.9 Å². The molecule has 1 heterocycles. The average Bonchev–Trinajstić information content (AvgIpc) is 2.95. The predicted octanol–water partition coefficient (Wildman–Crippen LogP) is 2.43. The number of carbonyl (C=O) groups is 1. The summed E-state index contributed by atoms with van der Waals surface area (Å²) in [4.78, 5) is 27.0. The highest BCUT2D eigenvalue weighted by Gasteiger charge is 2.31. The van der Waals surface area contributed by atoms with Crippen LogP contribution in [0.15, 0.2) is 64.8 Å². The SMILES string of the molecule is CC1(C)NCC(C(N)=Nc2cccc(NC(=O)c3ccc([N+](=O)[O-])cc3)c2)=C1N. The lowest BCUT2D eigenvalue weighted by Crippen LogP contribution is -2.38. The second-order valence-corrected chi connectivity index (χ2v) is 7.18. The third-order valence-electron chi connectivity index (χ3n) is 4.71. The fourth-order valence-corrected chi connectivity index (χ4v) is 2.90. The topological polar surface area (TPSA) is 149 Å². The van der Waals surface area contributed by atoms with Gasteiger partial charge in [0.1, 0.15) is 5.84 Å². The van der Waals surface area contributed by atoms with Gasteiger partial charge in [0.15, 0.2) is 0 Å². The van der Waals surface area contributed by atoms with Crippen LogP contribution >= 0.6 is 0 Å². The van der Waals surface area contributed by atoms with Crippen molar-refractivity contribution in [2.75, 3.05) is 11.9 Å².